The van der Waals surface area contributed by atoms with E-state index in [2.05, 4.69) is 13.8 Å². The first kappa shape index (κ1) is 53.7. The van der Waals surface area contributed by atoms with Gasteiger partial charge in [-0.1, -0.05) is 38.5 Å². The molecule has 2 aromatic carbocycles. The number of rotatable bonds is 18. The van der Waals surface area contributed by atoms with Gasteiger partial charge >= 0.3 is 5.97 Å². The fourth-order valence-electron chi connectivity index (χ4n) is 9.99. The van der Waals surface area contributed by atoms with E-state index in [1.807, 2.05) is 23.6 Å². The van der Waals surface area contributed by atoms with Gasteiger partial charge in [0.1, 0.15) is 11.5 Å². The highest BCUT2D eigenvalue weighted by Crippen LogP contribution is 2.42. The molecule has 2 saturated carbocycles. The number of benzene rings is 2. The van der Waals surface area contributed by atoms with Crippen molar-refractivity contribution in [1.29, 1.82) is 0 Å². The molecule has 376 valence electrons. The number of unbranched alkanes of at least 4 members (excludes halogenated alkanes) is 2. The number of fused-ring (bicyclic) bond motifs is 2. The number of carbonyl (C=O) groups is 6. The van der Waals surface area contributed by atoms with Gasteiger partial charge in [-0.15, -0.1) is 0 Å². The normalized spacial score (nSPS) is 20.7. The Balaban J connectivity index is 0.000000255. The maximum Gasteiger partial charge on any atom is 0.357 e. The van der Waals surface area contributed by atoms with E-state index < -0.39 is 34.9 Å². The predicted molar refractivity (Wildman–Crippen MR) is 261 cm³/mol. The molecule has 2 heterocycles. The summed E-state index contributed by atoms with van der Waals surface area (Å²) in [5, 5.41) is 9.69. The van der Waals surface area contributed by atoms with Gasteiger partial charge in [0.05, 0.1) is 11.4 Å². The monoisotopic (exact) mass is 948 g/mol. The van der Waals surface area contributed by atoms with Crippen molar-refractivity contribution < 1.29 is 52.8 Å². The molecule has 2 unspecified atom stereocenters. The lowest BCUT2D eigenvalue weighted by Gasteiger charge is -2.41. The predicted octanol–water partition coefficient (Wildman–Crippen LogP) is 7.73. The first-order chi connectivity index (χ1) is 32.3. The van der Waals surface area contributed by atoms with Crippen molar-refractivity contribution in [2.45, 2.75) is 167 Å². The van der Waals surface area contributed by atoms with Crippen molar-refractivity contribution in [3.05, 3.63) is 47.5 Å². The average molecular weight is 948 g/mol. The number of likely N-dealkylation sites (N-methyl/N-ethyl adjacent to an activating group) is 1. The van der Waals surface area contributed by atoms with Crippen LogP contribution in [0.15, 0.2) is 36.4 Å². The number of hydrogen-bond donors (Lipinski definition) is 1. The van der Waals surface area contributed by atoms with Gasteiger partial charge in [0.25, 0.3) is 40.7 Å². The molecule has 68 heavy (non-hydrogen) atoms. The zero-order chi connectivity index (χ0) is 49.9. The van der Waals surface area contributed by atoms with Gasteiger partial charge in [-0.25, -0.2) is 4.79 Å². The van der Waals surface area contributed by atoms with Crippen LogP contribution in [-0.4, -0.2) is 145 Å². The highest BCUT2D eigenvalue weighted by molar-refractivity contribution is 6.17. The molecule has 16 heteroatoms. The second-order valence-corrected chi connectivity index (χ2v) is 19.6. The standard InChI is InChI=1S/C27H41N3O5.C25H36N2O6/c1-19(2)30(21-12-8-7-9-13-21)24(31)20-14-15-23-22(18-20)29(16-10-11-17-34-6)26(33)27(3,35-23)25(32)28(4)5;1-17(2)27(19-10-6-5-7-11-19)22(28)18-12-13-21-20(16-18)26(14-8-9-15-32-4)23(29)25(3,33-21)24(30)31/h14-15,18-19,21H,7-13,16-17H2,1-6H3;12-13,16-17,19H,5-11,14-15H2,1-4H3,(H,30,31). The molecular weight excluding hydrogens is 871 g/mol. The zero-order valence-corrected chi connectivity index (χ0v) is 42.3. The summed E-state index contributed by atoms with van der Waals surface area (Å²) in [6, 6.07) is 10.7. The molecule has 5 amide bonds. The highest BCUT2D eigenvalue weighted by Gasteiger charge is 2.52. The second kappa shape index (κ2) is 23.9. The lowest BCUT2D eigenvalue weighted by molar-refractivity contribution is -0.161. The van der Waals surface area contributed by atoms with Crippen LogP contribution in [0.1, 0.15) is 152 Å². The highest BCUT2D eigenvalue weighted by atomic mass is 16.5. The van der Waals surface area contributed by atoms with E-state index in [0.29, 0.717) is 67.4 Å². The molecule has 0 radical (unpaired) electrons. The third kappa shape index (κ3) is 12.0. The molecule has 16 nitrogen and oxygen atoms in total. The van der Waals surface area contributed by atoms with Crippen LogP contribution in [0.5, 0.6) is 11.5 Å². The van der Waals surface area contributed by atoms with Crippen molar-refractivity contribution >= 4 is 46.9 Å². The van der Waals surface area contributed by atoms with Crippen LogP contribution in [0.4, 0.5) is 11.4 Å². The van der Waals surface area contributed by atoms with Gasteiger partial charge in [-0.3, -0.25) is 24.0 Å². The van der Waals surface area contributed by atoms with Crippen molar-refractivity contribution in [3.63, 3.8) is 0 Å². The molecular formula is C52H77N5O11. The first-order valence-corrected chi connectivity index (χ1v) is 24.7. The summed E-state index contributed by atoms with van der Waals surface area (Å²) in [4.78, 5) is 87.2. The first-order valence-electron chi connectivity index (χ1n) is 24.7. The fourth-order valence-corrected chi connectivity index (χ4v) is 9.99. The minimum absolute atomic E-state index is 0.0285. The molecule has 4 aliphatic rings. The number of anilines is 2. The minimum Gasteiger partial charge on any atom is -0.478 e. The topological polar surface area (TPSA) is 176 Å². The third-order valence-corrected chi connectivity index (χ3v) is 13.6. The summed E-state index contributed by atoms with van der Waals surface area (Å²) in [7, 11) is 6.47. The van der Waals surface area contributed by atoms with E-state index in [0.717, 1.165) is 64.2 Å². The Hall–Kier alpha value is -5.22. The summed E-state index contributed by atoms with van der Waals surface area (Å²) < 4.78 is 22.0. The van der Waals surface area contributed by atoms with E-state index in [-0.39, 0.29) is 41.7 Å². The average Bonchev–Trinajstić information content (AvgIpc) is 3.31. The van der Waals surface area contributed by atoms with Gasteiger partial charge in [0.2, 0.25) is 0 Å². The van der Waals surface area contributed by atoms with Crippen LogP contribution in [0, 0.1) is 0 Å². The largest absolute Gasteiger partial charge is 0.478 e. The Kier molecular flexibility index (Phi) is 18.9. The Morgan fingerprint density at radius 1 is 0.647 bits per heavy atom. The number of aliphatic carboxylic acids is 1. The van der Waals surface area contributed by atoms with Crippen LogP contribution >= 0.6 is 0 Å². The lowest BCUT2D eigenvalue weighted by atomic mass is 9.92. The molecule has 1 N–H and O–H groups in total. The number of nitrogens with zero attached hydrogens (tertiary/aromatic N) is 5. The Labute approximate surface area is 403 Å². The molecule has 2 aliphatic carbocycles. The van der Waals surface area contributed by atoms with Gasteiger partial charge in [-0.2, -0.15) is 0 Å². The Morgan fingerprint density at radius 3 is 1.38 bits per heavy atom. The van der Waals surface area contributed by atoms with E-state index >= 15 is 0 Å². The summed E-state index contributed by atoms with van der Waals surface area (Å²) in [5.74, 6) is -2.20. The van der Waals surface area contributed by atoms with Gasteiger partial charge in [0, 0.05) is 89.9 Å². The summed E-state index contributed by atoms with van der Waals surface area (Å²) in [6.07, 6.45) is 13.8. The second-order valence-electron chi connectivity index (χ2n) is 19.6. The van der Waals surface area contributed by atoms with Gasteiger partial charge < -0.3 is 48.6 Å². The lowest BCUT2D eigenvalue weighted by Crippen LogP contribution is -2.62. The zero-order valence-electron chi connectivity index (χ0n) is 42.3. The third-order valence-electron chi connectivity index (χ3n) is 13.6. The molecule has 6 rings (SSSR count). The summed E-state index contributed by atoms with van der Waals surface area (Å²) in [5.41, 5.74) is -1.68. The number of carboxylic acids is 1. The van der Waals surface area contributed by atoms with E-state index in [4.69, 9.17) is 18.9 Å². The van der Waals surface area contributed by atoms with Crippen molar-refractivity contribution in [2.24, 2.45) is 0 Å². The molecule has 2 aromatic rings. The van der Waals surface area contributed by atoms with Gasteiger partial charge in [0.15, 0.2) is 0 Å². The van der Waals surface area contributed by atoms with Crippen molar-refractivity contribution in [1.82, 2.24) is 14.7 Å². The molecule has 2 aliphatic heterocycles. The minimum atomic E-state index is -2.01. The number of amides is 5. The number of hydrogen-bond acceptors (Lipinski definition) is 10. The van der Waals surface area contributed by atoms with E-state index in [1.165, 1.54) is 36.5 Å². The molecule has 0 bridgehead atoms. The number of carboxylic acid groups (broad SMARTS) is 1. The molecule has 2 fully saturated rings. The van der Waals surface area contributed by atoms with Crippen LogP contribution in [0.3, 0.4) is 0 Å². The van der Waals surface area contributed by atoms with Crippen LogP contribution in [0.25, 0.3) is 0 Å². The number of methoxy groups -OCH3 is 2. The SMILES string of the molecule is COCCCCN1C(=O)C(C)(C(=O)N(C)C)Oc2ccc(C(=O)N(C(C)C)C3CCCCC3)cc21.COCCCCN1C(=O)C(C)(C(=O)O)Oc2ccc(C(=O)N(C(C)C)C3CCCCC3)cc21. The Bertz CT molecular complexity index is 2100. The molecule has 2 atom stereocenters. The smallest absolute Gasteiger partial charge is 0.357 e. The maximum atomic E-state index is 13.7. The fraction of sp³-hybridized carbons (Fsp3) is 0.654. The molecule has 0 aromatic heterocycles. The Morgan fingerprint density at radius 2 is 1.03 bits per heavy atom. The van der Waals surface area contributed by atoms with E-state index in [9.17, 15) is 33.9 Å². The number of ether oxygens (including phenoxy) is 4. The molecule has 0 saturated heterocycles. The molecule has 0 spiro atoms. The van der Waals surface area contributed by atoms with Crippen molar-refractivity contribution in [2.75, 3.05) is 64.4 Å². The van der Waals surface area contributed by atoms with Crippen LogP contribution < -0.4 is 19.3 Å². The van der Waals surface area contributed by atoms with Gasteiger partial charge in [-0.05, 0) is 129 Å². The summed E-state index contributed by atoms with van der Waals surface area (Å²) >= 11 is 0. The maximum absolute atomic E-state index is 13.7. The number of carbonyl (C=O) groups excluding carboxylic acids is 5. The van der Waals surface area contributed by atoms with Crippen molar-refractivity contribution in [3.8, 4) is 11.5 Å². The van der Waals surface area contributed by atoms with Crippen LogP contribution in [0.2, 0.25) is 0 Å². The van der Waals surface area contributed by atoms with Crippen LogP contribution in [-0.2, 0) is 28.7 Å². The summed E-state index contributed by atoms with van der Waals surface area (Å²) in [6.45, 7) is 12.8. The van der Waals surface area contributed by atoms with E-state index in [1.54, 1.807) is 69.6 Å². The quantitative estimate of drug-likeness (QED) is 0.114.